The number of carbonyl (C=O) groups excluding carboxylic acids is 1. The van der Waals surface area contributed by atoms with Crippen molar-refractivity contribution in [2.24, 2.45) is 29.6 Å². The van der Waals surface area contributed by atoms with E-state index in [-0.39, 0.29) is 0 Å². The Balaban J connectivity index is 1.98. The molecular weight excluding hydrogens is 220 g/mol. The van der Waals surface area contributed by atoms with Gasteiger partial charge in [0, 0.05) is 12.3 Å². The average molecular weight is 250 g/mol. The van der Waals surface area contributed by atoms with Crippen LogP contribution < -0.4 is 0 Å². The van der Waals surface area contributed by atoms with Crippen LogP contribution in [0.3, 0.4) is 0 Å². The molecule has 0 aromatic carbocycles. The number of rotatable bonds is 3. The van der Waals surface area contributed by atoms with Crippen molar-refractivity contribution in [3.05, 3.63) is 0 Å². The highest BCUT2D eigenvalue weighted by atomic mass is 16.1. The maximum atomic E-state index is 12.3. The summed E-state index contributed by atoms with van der Waals surface area (Å²) in [5.41, 5.74) is 0. The Morgan fingerprint density at radius 3 is 2.33 bits per heavy atom. The van der Waals surface area contributed by atoms with Crippen molar-refractivity contribution in [1.82, 2.24) is 0 Å². The van der Waals surface area contributed by atoms with Crippen LogP contribution in [0.4, 0.5) is 0 Å². The van der Waals surface area contributed by atoms with E-state index in [0.29, 0.717) is 17.6 Å². The van der Waals surface area contributed by atoms with Gasteiger partial charge in [-0.1, -0.05) is 33.6 Å². The van der Waals surface area contributed by atoms with E-state index in [9.17, 15) is 4.79 Å². The first-order valence-electron chi connectivity index (χ1n) is 8.12. The minimum Gasteiger partial charge on any atom is -0.299 e. The van der Waals surface area contributed by atoms with E-state index < -0.39 is 0 Å². The van der Waals surface area contributed by atoms with Gasteiger partial charge < -0.3 is 0 Å². The van der Waals surface area contributed by atoms with Gasteiger partial charge in [0.1, 0.15) is 5.78 Å². The second-order valence-electron chi connectivity index (χ2n) is 7.18. The molecule has 1 heteroatoms. The Kier molecular flexibility index (Phi) is 4.86. The maximum absolute atomic E-state index is 12.3. The fourth-order valence-corrected chi connectivity index (χ4v) is 4.60. The summed E-state index contributed by atoms with van der Waals surface area (Å²) in [7, 11) is 0. The Morgan fingerprint density at radius 2 is 1.72 bits per heavy atom. The molecule has 2 fully saturated rings. The smallest absolute Gasteiger partial charge is 0.136 e. The van der Waals surface area contributed by atoms with Gasteiger partial charge in [-0.05, 0) is 55.8 Å². The van der Waals surface area contributed by atoms with E-state index >= 15 is 0 Å². The van der Waals surface area contributed by atoms with Crippen LogP contribution in [-0.4, -0.2) is 5.78 Å². The first kappa shape index (κ1) is 14.1. The first-order valence-corrected chi connectivity index (χ1v) is 8.12. The standard InChI is InChI=1S/C17H30O/c1-4-5-14-6-7-17(18)16(11-14)15-9-12(2)8-13(3)10-15/h12-16H,4-11H2,1-3H3. The van der Waals surface area contributed by atoms with E-state index in [2.05, 4.69) is 20.8 Å². The van der Waals surface area contributed by atoms with Crippen LogP contribution in [0.25, 0.3) is 0 Å². The van der Waals surface area contributed by atoms with Crippen molar-refractivity contribution in [2.75, 3.05) is 0 Å². The van der Waals surface area contributed by atoms with Gasteiger partial charge in [-0.2, -0.15) is 0 Å². The summed E-state index contributed by atoms with van der Waals surface area (Å²) in [5.74, 6) is 4.21. The molecule has 4 atom stereocenters. The van der Waals surface area contributed by atoms with Crippen LogP contribution in [0.15, 0.2) is 0 Å². The lowest BCUT2D eigenvalue weighted by Crippen LogP contribution is -2.35. The van der Waals surface area contributed by atoms with Crippen LogP contribution >= 0.6 is 0 Å². The summed E-state index contributed by atoms with van der Waals surface area (Å²) in [6.07, 6.45) is 9.84. The highest BCUT2D eigenvalue weighted by Crippen LogP contribution is 2.42. The Labute approximate surface area is 113 Å². The van der Waals surface area contributed by atoms with E-state index in [1.807, 2.05) is 0 Å². The molecule has 0 aromatic heterocycles. The van der Waals surface area contributed by atoms with Crippen LogP contribution in [0.1, 0.15) is 72.1 Å². The average Bonchev–Trinajstić information content (AvgIpc) is 2.30. The summed E-state index contributed by atoms with van der Waals surface area (Å²) in [4.78, 5) is 12.3. The lowest BCUT2D eigenvalue weighted by atomic mass is 9.65. The molecule has 4 unspecified atom stereocenters. The van der Waals surface area contributed by atoms with E-state index in [4.69, 9.17) is 0 Å². The van der Waals surface area contributed by atoms with E-state index in [1.165, 1.54) is 44.9 Å². The summed E-state index contributed by atoms with van der Waals surface area (Å²) in [6, 6.07) is 0. The van der Waals surface area contributed by atoms with Crippen molar-refractivity contribution in [3.63, 3.8) is 0 Å². The molecule has 0 amide bonds. The lowest BCUT2D eigenvalue weighted by Gasteiger charge is -2.39. The zero-order valence-corrected chi connectivity index (χ0v) is 12.5. The van der Waals surface area contributed by atoms with Gasteiger partial charge >= 0.3 is 0 Å². The summed E-state index contributed by atoms with van der Waals surface area (Å²) in [6.45, 7) is 7.02. The zero-order valence-electron chi connectivity index (χ0n) is 12.5. The first-order chi connectivity index (χ1) is 8.60. The monoisotopic (exact) mass is 250 g/mol. The summed E-state index contributed by atoms with van der Waals surface area (Å²) in [5, 5.41) is 0. The van der Waals surface area contributed by atoms with Crippen molar-refractivity contribution in [2.45, 2.75) is 72.1 Å². The molecule has 0 aliphatic heterocycles. The number of carbonyl (C=O) groups is 1. The highest BCUT2D eigenvalue weighted by molar-refractivity contribution is 5.82. The van der Waals surface area contributed by atoms with Gasteiger partial charge in [0.05, 0.1) is 0 Å². The highest BCUT2D eigenvalue weighted by Gasteiger charge is 2.37. The number of Topliss-reactive ketones (excluding diaryl/α,β-unsaturated/α-hetero) is 1. The van der Waals surface area contributed by atoms with Gasteiger partial charge in [0.15, 0.2) is 0 Å². The van der Waals surface area contributed by atoms with Crippen molar-refractivity contribution in [1.29, 1.82) is 0 Å². The van der Waals surface area contributed by atoms with Gasteiger partial charge in [0.25, 0.3) is 0 Å². The Hall–Kier alpha value is -0.330. The molecule has 18 heavy (non-hydrogen) atoms. The quantitative estimate of drug-likeness (QED) is 0.700. The lowest BCUT2D eigenvalue weighted by molar-refractivity contribution is -0.128. The van der Waals surface area contributed by atoms with Crippen LogP contribution in [0.5, 0.6) is 0 Å². The largest absolute Gasteiger partial charge is 0.299 e. The Bertz CT molecular complexity index is 273. The number of ketones is 1. The van der Waals surface area contributed by atoms with Crippen LogP contribution in [-0.2, 0) is 4.79 Å². The molecule has 0 spiro atoms. The molecule has 0 saturated heterocycles. The molecule has 1 nitrogen and oxygen atoms in total. The SMILES string of the molecule is CCCC1CCC(=O)C(C2CC(C)CC(C)C2)C1. The normalized spacial score (nSPS) is 41.9. The van der Waals surface area contributed by atoms with Gasteiger partial charge in [-0.3, -0.25) is 4.79 Å². The second-order valence-corrected chi connectivity index (χ2v) is 7.18. The predicted molar refractivity (Wildman–Crippen MR) is 76.4 cm³/mol. The van der Waals surface area contributed by atoms with Gasteiger partial charge in [-0.15, -0.1) is 0 Å². The topological polar surface area (TPSA) is 17.1 Å². The van der Waals surface area contributed by atoms with Crippen molar-refractivity contribution < 1.29 is 4.79 Å². The molecule has 2 saturated carbocycles. The minimum absolute atomic E-state index is 0.417. The van der Waals surface area contributed by atoms with Gasteiger partial charge in [0.2, 0.25) is 0 Å². The third-order valence-electron chi connectivity index (χ3n) is 5.28. The molecule has 0 radical (unpaired) electrons. The molecule has 0 aromatic rings. The fourth-order valence-electron chi connectivity index (χ4n) is 4.60. The number of hydrogen-bond acceptors (Lipinski definition) is 1. The summed E-state index contributed by atoms with van der Waals surface area (Å²) < 4.78 is 0. The van der Waals surface area contributed by atoms with Crippen LogP contribution in [0, 0.1) is 29.6 Å². The maximum Gasteiger partial charge on any atom is 0.136 e. The zero-order chi connectivity index (χ0) is 13.1. The molecule has 2 aliphatic rings. The van der Waals surface area contributed by atoms with E-state index in [0.717, 1.165) is 24.2 Å². The molecule has 0 heterocycles. The van der Waals surface area contributed by atoms with Gasteiger partial charge in [-0.25, -0.2) is 0 Å². The predicted octanol–water partition coefficient (Wildman–Crippen LogP) is 4.84. The summed E-state index contributed by atoms with van der Waals surface area (Å²) >= 11 is 0. The van der Waals surface area contributed by atoms with E-state index in [1.54, 1.807) is 0 Å². The number of hydrogen-bond donors (Lipinski definition) is 0. The molecule has 2 rings (SSSR count). The molecule has 0 N–H and O–H groups in total. The Morgan fingerprint density at radius 1 is 1.06 bits per heavy atom. The second kappa shape index (κ2) is 6.21. The van der Waals surface area contributed by atoms with Crippen molar-refractivity contribution in [3.8, 4) is 0 Å². The molecular formula is C17H30O. The minimum atomic E-state index is 0.417. The van der Waals surface area contributed by atoms with Crippen molar-refractivity contribution >= 4 is 5.78 Å². The fraction of sp³-hybridized carbons (Fsp3) is 0.941. The third kappa shape index (κ3) is 3.36. The molecule has 0 bridgehead atoms. The molecule has 2 aliphatic carbocycles. The third-order valence-corrected chi connectivity index (χ3v) is 5.28. The molecule has 104 valence electrons. The van der Waals surface area contributed by atoms with Crippen LogP contribution in [0.2, 0.25) is 0 Å².